The van der Waals surface area contributed by atoms with Gasteiger partial charge in [-0.1, -0.05) is 51.0 Å². The molecule has 1 aromatic carbocycles. The Morgan fingerprint density at radius 2 is 1.83 bits per heavy atom. The van der Waals surface area contributed by atoms with Gasteiger partial charge in [-0.15, -0.1) is 0 Å². The molecule has 0 bridgehead atoms. The molecule has 29 heavy (non-hydrogen) atoms. The van der Waals surface area contributed by atoms with E-state index in [1.165, 1.54) is 25.1 Å². The fourth-order valence-corrected chi connectivity index (χ4v) is 3.37. The lowest BCUT2D eigenvalue weighted by atomic mass is 10.0. The van der Waals surface area contributed by atoms with Crippen molar-refractivity contribution in [1.29, 1.82) is 0 Å². The van der Waals surface area contributed by atoms with Crippen LogP contribution in [0.2, 0.25) is 0 Å². The van der Waals surface area contributed by atoms with Crippen molar-refractivity contribution >= 4 is 5.97 Å². The Bertz CT molecular complexity index is 948. The van der Waals surface area contributed by atoms with Crippen molar-refractivity contribution in [3.63, 3.8) is 0 Å². The van der Waals surface area contributed by atoms with Crippen LogP contribution in [0.15, 0.2) is 42.7 Å². The van der Waals surface area contributed by atoms with Crippen LogP contribution >= 0.6 is 0 Å². The lowest BCUT2D eigenvalue weighted by Gasteiger charge is -2.09. The first-order chi connectivity index (χ1) is 14.1. The van der Waals surface area contributed by atoms with Gasteiger partial charge in [0.25, 0.3) is 0 Å². The first-order valence-corrected chi connectivity index (χ1v) is 10.3. The highest BCUT2D eigenvalue weighted by atomic mass is 16.4. The van der Waals surface area contributed by atoms with Gasteiger partial charge in [0.1, 0.15) is 5.82 Å². The number of hydrogen-bond donors (Lipinski definition) is 1. The van der Waals surface area contributed by atoms with Crippen molar-refractivity contribution in [3.05, 3.63) is 65.5 Å². The van der Waals surface area contributed by atoms with Crippen molar-refractivity contribution < 1.29 is 9.90 Å². The average Bonchev–Trinajstić information content (AvgIpc) is 3.10. The summed E-state index contributed by atoms with van der Waals surface area (Å²) in [5.41, 5.74) is 2.83. The van der Waals surface area contributed by atoms with Gasteiger partial charge >= 0.3 is 5.97 Å². The summed E-state index contributed by atoms with van der Waals surface area (Å²) < 4.78 is 2.02. The molecular formula is C23H28N4O2. The van der Waals surface area contributed by atoms with Crippen LogP contribution < -0.4 is 0 Å². The summed E-state index contributed by atoms with van der Waals surface area (Å²) in [6, 6.07) is 9.45. The fourth-order valence-electron chi connectivity index (χ4n) is 3.37. The van der Waals surface area contributed by atoms with E-state index in [4.69, 9.17) is 10.1 Å². The van der Waals surface area contributed by atoms with E-state index >= 15 is 0 Å². The molecule has 0 radical (unpaired) electrons. The molecule has 6 heteroatoms. The monoisotopic (exact) mass is 392 g/mol. The van der Waals surface area contributed by atoms with Crippen LogP contribution in [0.5, 0.6) is 0 Å². The molecule has 0 unspecified atom stereocenters. The third-order valence-corrected chi connectivity index (χ3v) is 4.92. The molecule has 0 saturated carbocycles. The van der Waals surface area contributed by atoms with Gasteiger partial charge in [0.2, 0.25) is 0 Å². The Balaban J connectivity index is 1.80. The molecule has 0 atom stereocenters. The number of carbonyl (C=O) groups is 1. The number of unbranched alkanes of at least 4 members (excludes halogenated alkanes) is 2. The number of hydrogen-bond acceptors (Lipinski definition) is 4. The van der Waals surface area contributed by atoms with Crippen molar-refractivity contribution in [1.82, 2.24) is 19.7 Å². The lowest BCUT2D eigenvalue weighted by molar-refractivity contribution is 0.0697. The summed E-state index contributed by atoms with van der Waals surface area (Å²) in [5, 5.41) is 14.1. The number of nitrogens with zero attached hydrogens (tertiary/aromatic N) is 4. The SMILES string of the molecule is CCCCCc1nc(CCC)nn1Cc1ccc(-c2cnccc2C(=O)O)cc1. The molecule has 6 nitrogen and oxygen atoms in total. The highest BCUT2D eigenvalue weighted by Crippen LogP contribution is 2.23. The highest BCUT2D eigenvalue weighted by molar-refractivity contribution is 5.95. The maximum Gasteiger partial charge on any atom is 0.336 e. The minimum absolute atomic E-state index is 0.256. The summed E-state index contributed by atoms with van der Waals surface area (Å²) in [7, 11) is 0. The van der Waals surface area contributed by atoms with Gasteiger partial charge < -0.3 is 5.11 Å². The van der Waals surface area contributed by atoms with Gasteiger partial charge in [0.15, 0.2) is 5.82 Å². The fraction of sp³-hybridized carbons (Fsp3) is 0.391. The van der Waals surface area contributed by atoms with Gasteiger partial charge in [-0.3, -0.25) is 4.98 Å². The number of carboxylic acid groups (broad SMARTS) is 1. The van der Waals surface area contributed by atoms with Crippen LogP contribution in [-0.4, -0.2) is 30.8 Å². The van der Waals surface area contributed by atoms with Gasteiger partial charge in [0.05, 0.1) is 12.1 Å². The molecule has 0 aliphatic rings. The first kappa shape index (κ1) is 20.7. The molecule has 0 aliphatic heterocycles. The Kier molecular flexibility index (Phi) is 7.11. The second-order valence-electron chi connectivity index (χ2n) is 7.23. The highest BCUT2D eigenvalue weighted by Gasteiger charge is 2.13. The maximum absolute atomic E-state index is 11.5. The van der Waals surface area contributed by atoms with E-state index in [0.717, 1.165) is 48.5 Å². The number of carboxylic acids is 1. The summed E-state index contributed by atoms with van der Waals surface area (Å²) in [4.78, 5) is 20.3. The van der Waals surface area contributed by atoms with E-state index in [-0.39, 0.29) is 5.56 Å². The first-order valence-electron chi connectivity index (χ1n) is 10.3. The van der Waals surface area contributed by atoms with E-state index < -0.39 is 5.97 Å². The zero-order valence-corrected chi connectivity index (χ0v) is 17.1. The van der Waals surface area contributed by atoms with Crippen LogP contribution in [0.3, 0.4) is 0 Å². The van der Waals surface area contributed by atoms with Crippen molar-refractivity contribution in [2.45, 2.75) is 58.9 Å². The minimum Gasteiger partial charge on any atom is -0.478 e. The topological polar surface area (TPSA) is 80.9 Å². The molecule has 0 spiro atoms. The normalized spacial score (nSPS) is 11.0. The number of pyridine rings is 1. The second-order valence-corrected chi connectivity index (χ2v) is 7.23. The Hall–Kier alpha value is -3.02. The molecule has 3 aromatic rings. The van der Waals surface area contributed by atoms with Crippen LogP contribution in [0, 0.1) is 0 Å². The molecule has 2 aromatic heterocycles. The third-order valence-electron chi connectivity index (χ3n) is 4.92. The van der Waals surface area contributed by atoms with Gasteiger partial charge in [-0.25, -0.2) is 14.5 Å². The predicted molar refractivity (Wildman–Crippen MR) is 113 cm³/mol. The van der Waals surface area contributed by atoms with Gasteiger partial charge in [-0.2, -0.15) is 5.10 Å². The second kappa shape index (κ2) is 9.96. The van der Waals surface area contributed by atoms with Crippen molar-refractivity contribution in [2.24, 2.45) is 0 Å². The number of aryl methyl sites for hydroxylation is 2. The molecule has 0 amide bonds. The standard InChI is InChI=1S/C23H28N4O2/c1-3-5-6-8-22-25-21(7-4-2)26-27(22)16-17-9-11-18(12-10-17)20-15-24-14-13-19(20)23(28)29/h9-15H,3-8,16H2,1-2H3,(H,28,29). The number of rotatable bonds is 10. The smallest absolute Gasteiger partial charge is 0.336 e. The molecule has 2 heterocycles. The zero-order valence-electron chi connectivity index (χ0n) is 17.1. The predicted octanol–water partition coefficient (Wildman–Crippen LogP) is 4.77. The maximum atomic E-state index is 11.5. The van der Waals surface area contributed by atoms with Crippen molar-refractivity contribution in [3.8, 4) is 11.1 Å². The molecule has 0 aliphatic carbocycles. The largest absolute Gasteiger partial charge is 0.478 e. The Morgan fingerprint density at radius 3 is 2.52 bits per heavy atom. The van der Waals surface area contributed by atoms with Crippen LogP contribution in [-0.2, 0) is 19.4 Å². The van der Waals surface area contributed by atoms with Crippen LogP contribution in [0.1, 0.15) is 67.1 Å². The van der Waals surface area contributed by atoms with Crippen molar-refractivity contribution in [2.75, 3.05) is 0 Å². The van der Waals surface area contributed by atoms with Crippen LogP contribution in [0.4, 0.5) is 0 Å². The Morgan fingerprint density at radius 1 is 1.03 bits per heavy atom. The molecular weight excluding hydrogens is 364 g/mol. The average molecular weight is 393 g/mol. The number of benzene rings is 1. The quantitative estimate of drug-likeness (QED) is 0.503. The number of aromatic nitrogens is 4. The van der Waals surface area contributed by atoms with E-state index in [0.29, 0.717) is 12.1 Å². The number of aromatic carboxylic acids is 1. The molecule has 152 valence electrons. The van der Waals surface area contributed by atoms with E-state index in [9.17, 15) is 9.90 Å². The van der Waals surface area contributed by atoms with Crippen LogP contribution in [0.25, 0.3) is 11.1 Å². The zero-order chi connectivity index (χ0) is 20.6. The van der Waals surface area contributed by atoms with E-state index in [2.05, 4.69) is 18.8 Å². The van der Waals surface area contributed by atoms with Gasteiger partial charge in [-0.05, 0) is 30.0 Å². The summed E-state index contributed by atoms with van der Waals surface area (Å²) >= 11 is 0. The summed E-state index contributed by atoms with van der Waals surface area (Å²) in [6.45, 7) is 5.00. The minimum atomic E-state index is -0.950. The summed E-state index contributed by atoms with van der Waals surface area (Å²) in [5.74, 6) is 1.01. The Labute approximate surface area is 171 Å². The van der Waals surface area contributed by atoms with E-state index in [1.54, 1.807) is 6.20 Å². The molecule has 0 fully saturated rings. The van der Waals surface area contributed by atoms with Gasteiger partial charge in [0, 0.05) is 30.8 Å². The van der Waals surface area contributed by atoms with E-state index in [1.807, 2.05) is 28.9 Å². The molecule has 1 N–H and O–H groups in total. The lowest BCUT2D eigenvalue weighted by Crippen LogP contribution is -2.07. The molecule has 0 saturated heterocycles. The molecule has 3 rings (SSSR count). The summed E-state index contributed by atoms with van der Waals surface area (Å²) in [6.07, 6.45) is 9.47. The third kappa shape index (κ3) is 5.28.